The van der Waals surface area contributed by atoms with Gasteiger partial charge in [0.1, 0.15) is 5.01 Å². The average Bonchev–Trinajstić information content (AvgIpc) is 2.59. The number of aromatic nitrogens is 1. The van der Waals surface area contributed by atoms with Gasteiger partial charge in [-0.3, -0.25) is 0 Å². The Labute approximate surface area is 101 Å². The third-order valence-electron chi connectivity index (χ3n) is 2.28. The van der Waals surface area contributed by atoms with Gasteiger partial charge < -0.3 is 5.32 Å². The molecule has 0 aliphatic rings. The highest BCUT2D eigenvalue weighted by Gasteiger charge is 2.12. The van der Waals surface area contributed by atoms with Crippen molar-refractivity contribution in [3.63, 3.8) is 0 Å². The fraction of sp³-hybridized carbons (Fsp3) is 0.727. The third kappa shape index (κ3) is 3.78. The molecule has 0 aliphatic heterocycles. The summed E-state index contributed by atoms with van der Waals surface area (Å²) in [5, 5.41) is 4.53. The number of hydrogen-bond acceptors (Lipinski definition) is 4. The van der Waals surface area contributed by atoms with E-state index in [1.807, 2.05) is 30.1 Å². The fourth-order valence-corrected chi connectivity index (χ4v) is 3.45. The van der Waals surface area contributed by atoms with E-state index in [2.05, 4.69) is 31.1 Å². The molecule has 0 fully saturated rings. The molecule has 0 radical (unpaired) electrons. The maximum atomic E-state index is 4.61. The lowest BCUT2D eigenvalue weighted by Crippen LogP contribution is -2.11. The lowest BCUT2D eigenvalue weighted by atomic mass is 10.2. The first kappa shape index (κ1) is 13.0. The zero-order valence-electron chi connectivity index (χ0n) is 9.96. The van der Waals surface area contributed by atoms with E-state index in [4.69, 9.17) is 0 Å². The van der Waals surface area contributed by atoms with Crippen molar-refractivity contribution >= 4 is 23.1 Å². The van der Waals surface area contributed by atoms with Gasteiger partial charge in [0, 0.05) is 16.7 Å². The van der Waals surface area contributed by atoms with Gasteiger partial charge in [0.2, 0.25) is 0 Å². The molecule has 86 valence electrons. The minimum Gasteiger partial charge on any atom is -0.312 e. The van der Waals surface area contributed by atoms with Gasteiger partial charge in [-0.2, -0.15) is 11.8 Å². The quantitative estimate of drug-likeness (QED) is 0.777. The van der Waals surface area contributed by atoms with Crippen molar-refractivity contribution in [3.8, 4) is 0 Å². The Morgan fingerprint density at radius 3 is 2.87 bits per heavy atom. The second-order valence-corrected chi connectivity index (χ2v) is 5.84. The second kappa shape index (κ2) is 6.51. The molecule has 0 aromatic carbocycles. The zero-order chi connectivity index (χ0) is 11.3. The number of nitrogens with one attached hydrogen (secondary N) is 1. The lowest BCUT2D eigenvalue weighted by molar-refractivity contribution is 0.658. The minimum atomic E-state index is 0.424. The summed E-state index contributed by atoms with van der Waals surface area (Å²) in [5.74, 6) is 2.30. The van der Waals surface area contributed by atoms with E-state index < -0.39 is 0 Å². The van der Waals surface area contributed by atoms with Crippen molar-refractivity contribution in [2.45, 2.75) is 39.0 Å². The highest BCUT2D eigenvalue weighted by Crippen LogP contribution is 2.27. The highest BCUT2D eigenvalue weighted by molar-refractivity contribution is 7.98. The molecule has 1 aromatic rings. The summed E-state index contributed by atoms with van der Waals surface area (Å²) in [5.41, 5.74) is 1.19. The van der Waals surface area contributed by atoms with Crippen LogP contribution < -0.4 is 5.32 Å². The molecule has 2 nitrogen and oxygen atoms in total. The van der Waals surface area contributed by atoms with Gasteiger partial charge in [-0.05, 0) is 33.1 Å². The average molecular weight is 244 g/mol. The monoisotopic (exact) mass is 244 g/mol. The van der Waals surface area contributed by atoms with E-state index in [9.17, 15) is 0 Å². The third-order valence-corrected chi connectivity index (χ3v) is 4.97. The van der Waals surface area contributed by atoms with Crippen LogP contribution in [0.5, 0.6) is 0 Å². The van der Waals surface area contributed by atoms with Gasteiger partial charge in [-0.1, -0.05) is 6.92 Å². The Kier molecular flexibility index (Phi) is 5.64. The molecule has 1 atom stereocenters. The maximum Gasteiger partial charge on any atom is 0.103 e. The van der Waals surface area contributed by atoms with Crippen LogP contribution in [0.15, 0.2) is 0 Å². The van der Waals surface area contributed by atoms with Crippen LogP contribution in [0.25, 0.3) is 0 Å². The minimum absolute atomic E-state index is 0.424. The van der Waals surface area contributed by atoms with Crippen LogP contribution in [0.4, 0.5) is 0 Å². The molecule has 0 amide bonds. The first-order valence-corrected chi connectivity index (χ1v) is 7.37. The van der Waals surface area contributed by atoms with Crippen molar-refractivity contribution in [2.75, 3.05) is 12.8 Å². The zero-order valence-corrected chi connectivity index (χ0v) is 11.6. The van der Waals surface area contributed by atoms with Crippen molar-refractivity contribution in [1.82, 2.24) is 10.3 Å². The summed E-state index contributed by atoms with van der Waals surface area (Å²) in [6.07, 6.45) is 1.24. The van der Waals surface area contributed by atoms with Gasteiger partial charge in [0.05, 0.1) is 5.69 Å². The molecule has 1 aromatic heterocycles. The molecule has 0 saturated heterocycles. The van der Waals surface area contributed by atoms with Crippen LogP contribution in [0, 0.1) is 6.92 Å². The summed E-state index contributed by atoms with van der Waals surface area (Å²) < 4.78 is 0. The molecule has 1 unspecified atom stereocenters. The van der Waals surface area contributed by atoms with Crippen LogP contribution in [-0.2, 0) is 5.75 Å². The standard InChI is InChI=1S/C11H20N2S2/c1-5-6-14-7-10-13-9(3)11(15-10)8(2)12-4/h8,12H,5-7H2,1-4H3. The molecule has 4 heteroatoms. The molecule has 0 bridgehead atoms. The van der Waals surface area contributed by atoms with Gasteiger partial charge in [0.25, 0.3) is 0 Å². The van der Waals surface area contributed by atoms with Crippen LogP contribution in [0.2, 0.25) is 0 Å². The van der Waals surface area contributed by atoms with E-state index in [0.29, 0.717) is 6.04 Å². The van der Waals surface area contributed by atoms with Gasteiger partial charge in [-0.25, -0.2) is 4.98 Å². The van der Waals surface area contributed by atoms with E-state index >= 15 is 0 Å². The summed E-state index contributed by atoms with van der Waals surface area (Å²) in [6.45, 7) is 6.51. The SMILES string of the molecule is CCCSCc1nc(C)c(C(C)NC)s1. The second-order valence-electron chi connectivity index (χ2n) is 3.62. The van der Waals surface area contributed by atoms with Gasteiger partial charge in [0.15, 0.2) is 0 Å². The van der Waals surface area contributed by atoms with Crippen LogP contribution in [0.1, 0.15) is 41.9 Å². The summed E-state index contributed by atoms with van der Waals surface area (Å²) in [7, 11) is 2.00. The van der Waals surface area contributed by atoms with E-state index in [0.717, 1.165) is 5.75 Å². The molecule has 1 heterocycles. The molecule has 1 N–H and O–H groups in total. The largest absolute Gasteiger partial charge is 0.312 e. The highest BCUT2D eigenvalue weighted by atomic mass is 32.2. The fourth-order valence-electron chi connectivity index (χ4n) is 1.36. The van der Waals surface area contributed by atoms with Gasteiger partial charge >= 0.3 is 0 Å². The van der Waals surface area contributed by atoms with Crippen LogP contribution in [0.3, 0.4) is 0 Å². The predicted octanol–water partition coefficient (Wildman–Crippen LogP) is 3.38. The molecular weight excluding hydrogens is 224 g/mol. The van der Waals surface area contributed by atoms with Crippen molar-refractivity contribution < 1.29 is 0 Å². The van der Waals surface area contributed by atoms with Crippen molar-refractivity contribution in [3.05, 3.63) is 15.6 Å². The molecule has 1 rings (SSSR count). The number of hydrogen-bond donors (Lipinski definition) is 1. The first-order chi connectivity index (χ1) is 7.19. The van der Waals surface area contributed by atoms with Crippen molar-refractivity contribution in [2.24, 2.45) is 0 Å². The molecule has 0 aliphatic carbocycles. The normalized spacial score (nSPS) is 13.1. The van der Waals surface area contributed by atoms with Crippen LogP contribution in [-0.4, -0.2) is 17.8 Å². The number of rotatable bonds is 6. The Bertz CT molecular complexity index is 297. The number of thiazole rings is 1. The van der Waals surface area contributed by atoms with Gasteiger partial charge in [-0.15, -0.1) is 11.3 Å². The number of aryl methyl sites for hydroxylation is 1. The van der Waals surface area contributed by atoms with E-state index in [1.165, 1.54) is 27.8 Å². The molecule has 15 heavy (non-hydrogen) atoms. The Morgan fingerprint density at radius 1 is 1.53 bits per heavy atom. The first-order valence-electron chi connectivity index (χ1n) is 5.40. The number of thioether (sulfide) groups is 1. The Morgan fingerprint density at radius 2 is 2.27 bits per heavy atom. The summed E-state index contributed by atoms with van der Waals surface area (Å²) in [6, 6.07) is 0.424. The topological polar surface area (TPSA) is 24.9 Å². The summed E-state index contributed by atoms with van der Waals surface area (Å²) in [4.78, 5) is 5.99. The van der Waals surface area contributed by atoms with Crippen LogP contribution >= 0.6 is 23.1 Å². The van der Waals surface area contributed by atoms with E-state index in [-0.39, 0.29) is 0 Å². The lowest BCUT2D eigenvalue weighted by Gasteiger charge is -2.06. The number of nitrogens with zero attached hydrogens (tertiary/aromatic N) is 1. The van der Waals surface area contributed by atoms with Crippen molar-refractivity contribution in [1.29, 1.82) is 0 Å². The predicted molar refractivity (Wildman–Crippen MR) is 70.8 cm³/mol. The Hall–Kier alpha value is -0.0600. The molecule has 0 spiro atoms. The molecular formula is C11H20N2S2. The molecule has 0 saturated carbocycles. The maximum absolute atomic E-state index is 4.61. The smallest absolute Gasteiger partial charge is 0.103 e. The van der Waals surface area contributed by atoms with E-state index in [1.54, 1.807) is 0 Å². The summed E-state index contributed by atoms with van der Waals surface area (Å²) >= 11 is 3.82. The Balaban J connectivity index is 2.60.